The minimum atomic E-state index is -0.205. The first kappa shape index (κ1) is 12.2. The number of hydrogen-bond donors (Lipinski definition) is 1. The normalized spacial score (nSPS) is 11.2. The van der Waals surface area contributed by atoms with E-state index in [1.165, 1.54) is 6.08 Å². The van der Waals surface area contributed by atoms with Crippen LogP contribution in [0.2, 0.25) is 0 Å². The molecule has 5 heteroatoms. The van der Waals surface area contributed by atoms with Gasteiger partial charge in [0.05, 0.1) is 12.0 Å². The summed E-state index contributed by atoms with van der Waals surface area (Å²) in [5.74, 6) is 0.436. The van der Waals surface area contributed by atoms with Crippen molar-refractivity contribution in [3.63, 3.8) is 0 Å². The van der Waals surface area contributed by atoms with Gasteiger partial charge in [-0.2, -0.15) is 0 Å². The molecule has 0 spiro atoms. The van der Waals surface area contributed by atoms with Crippen LogP contribution in [0.3, 0.4) is 0 Å². The molecule has 0 aliphatic rings. The Kier molecular flexibility index (Phi) is 3.09. The molecule has 0 saturated carbocycles. The lowest BCUT2D eigenvalue weighted by Gasteiger charge is -2.08. The van der Waals surface area contributed by atoms with Crippen molar-refractivity contribution in [2.75, 3.05) is 5.32 Å². The molecule has 0 aliphatic carbocycles. The molecule has 0 aliphatic heterocycles. The van der Waals surface area contributed by atoms with Crippen molar-refractivity contribution in [3.05, 3.63) is 60.5 Å². The fourth-order valence-electron chi connectivity index (χ4n) is 1.98. The molecule has 1 N–H and O–H groups in total. The number of nitrogens with zero attached hydrogens (tertiary/aromatic N) is 2. The Hall–Kier alpha value is -2.82. The highest BCUT2D eigenvalue weighted by molar-refractivity contribution is 6.02. The Morgan fingerprint density at radius 1 is 1.40 bits per heavy atom. The van der Waals surface area contributed by atoms with Gasteiger partial charge in [-0.3, -0.25) is 4.79 Å². The molecule has 3 rings (SSSR count). The molecule has 5 nitrogen and oxygen atoms in total. The fourth-order valence-corrected chi connectivity index (χ4v) is 1.98. The second-order valence-corrected chi connectivity index (χ2v) is 4.33. The fraction of sp³-hybridized carbons (Fsp3) is 0.0667. The predicted octanol–water partition coefficient (Wildman–Crippen LogP) is 2.89. The number of amides is 1. The topological polar surface area (TPSA) is 59.5 Å². The highest BCUT2D eigenvalue weighted by Gasteiger charge is 2.05. The molecular formula is C15H13N3O2. The number of aromatic nitrogens is 2. The SMILES string of the molecule is Cc1c(NC(=O)/C=C/c2ccco2)ccc2nccn12. The van der Waals surface area contributed by atoms with Crippen LogP contribution in [0.15, 0.2) is 53.4 Å². The Bertz CT molecular complexity index is 770. The minimum absolute atomic E-state index is 0.205. The van der Waals surface area contributed by atoms with E-state index in [1.807, 2.05) is 29.7 Å². The third kappa shape index (κ3) is 2.33. The number of carbonyl (C=O) groups excluding carboxylic acids is 1. The number of imidazole rings is 1. The molecule has 0 fully saturated rings. The summed E-state index contributed by atoms with van der Waals surface area (Å²) in [6, 6.07) is 7.26. The van der Waals surface area contributed by atoms with Gasteiger partial charge in [0.25, 0.3) is 0 Å². The summed E-state index contributed by atoms with van der Waals surface area (Å²) < 4.78 is 7.05. The van der Waals surface area contributed by atoms with E-state index in [0.29, 0.717) is 5.76 Å². The number of pyridine rings is 1. The number of fused-ring (bicyclic) bond motifs is 1. The van der Waals surface area contributed by atoms with E-state index in [4.69, 9.17) is 4.42 Å². The molecule has 3 heterocycles. The van der Waals surface area contributed by atoms with Gasteiger partial charge in [-0.1, -0.05) is 0 Å². The van der Waals surface area contributed by atoms with Gasteiger partial charge in [-0.25, -0.2) is 4.98 Å². The van der Waals surface area contributed by atoms with Crippen molar-refractivity contribution in [2.24, 2.45) is 0 Å². The average Bonchev–Trinajstić information content (AvgIpc) is 3.10. The highest BCUT2D eigenvalue weighted by Crippen LogP contribution is 2.16. The lowest BCUT2D eigenvalue weighted by molar-refractivity contribution is -0.111. The van der Waals surface area contributed by atoms with Crippen LogP contribution in [-0.2, 0) is 4.79 Å². The third-order valence-corrected chi connectivity index (χ3v) is 3.02. The van der Waals surface area contributed by atoms with Crippen molar-refractivity contribution < 1.29 is 9.21 Å². The summed E-state index contributed by atoms with van der Waals surface area (Å²) in [7, 11) is 0. The first-order chi connectivity index (χ1) is 9.74. The standard InChI is InChI=1S/C15H13N3O2/c1-11-13(5-6-14-16-8-9-18(11)14)17-15(19)7-4-12-3-2-10-20-12/h2-10H,1H3,(H,17,19)/b7-4+. The summed E-state index contributed by atoms with van der Waals surface area (Å²) >= 11 is 0. The van der Waals surface area contributed by atoms with Gasteiger partial charge in [-0.15, -0.1) is 0 Å². The van der Waals surface area contributed by atoms with Gasteiger partial charge >= 0.3 is 0 Å². The summed E-state index contributed by atoms with van der Waals surface area (Å²) in [6.45, 7) is 1.93. The monoisotopic (exact) mass is 267 g/mol. The van der Waals surface area contributed by atoms with Crippen molar-refractivity contribution in [1.29, 1.82) is 0 Å². The molecule has 20 heavy (non-hydrogen) atoms. The molecule has 1 amide bonds. The van der Waals surface area contributed by atoms with Crippen molar-refractivity contribution in [3.8, 4) is 0 Å². The van der Waals surface area contributed by atoms with E-state index in [-0.39, 0.29) is 5.91 Å². The second kappa shape index (κ2) is 5.05. The summed E-state index contributed by atoms with van der Waals surface area (Å²) in [5, 5.41) is 2.84. The second-order valence-electron chi connectivity index (χ2n) is 4.33. The van der Waals surface area contributed by atoms with Gasteiger partial charge < -0.3 is 14.1 Å². The van der Waals surface area contributed by atoms with Crippen LogP contribution in [0.25, 0.3) is 11.7 Å². The van der Waals surface area contributed by atoms with Crippen LogP contribution in [0.4, 0.5) is 5.69 Å². The van der Waals surface area contributed by atoms with Crippen molar-refractivity contribution in [1.82, 2.24) is 9.38 Å². The van der Waals surface area contributed by atoms with E-state index >= 15 is 0 Å². The molecule has 0 unspecified atom stereocenters. The maximum absolute atomic E-state index is 11.9. The average molecular weight is 267 g/mol. The Morgan fingerprint density at radius 3 is 3.10 bits per heavy atom. The molecule has 3 aromatic heterocycles. The van der Waals surface area contributed by atoms with Crippen LogP contribution in [0.1, 0.15) is 11.5 Å². The first-order valence-electron chi connectivity index (χ1n) is 6.19. The van der Waals surface area contributed by atoms with E-state index in [2.05, 4.69) is 10.3 Å². The molecule has 100 valence electrons. The number of aryl methyl sites for hydroxylation is 1. The Morgan fingerprint density at radius 2 is 2.30 bits per heavy atom. The molecule has 0 atom stereocenters. The Balaban J connectivity index is 1.79. The molecule has 0 aromatic carbocycles. The van der Waals surface area contributed by atoms with Gasteiger partial charge in [0, 0.05) is 24.2 Å². The van der Waals surface area contributed by atoms with E-state index in [0.717, 1.165) is 17.0 Å². The number of furan rings is 1. The zero-order chi connectivity index (χ0) is 13.9. The van der Waals surface area contributed by atoms with Crippen LogP contribution in [-0.4, -0.2) is 15.3 Å². The van der Waals surface area contributed by atoms with Crippen LogP contribution < -0.4 is 5.32 Å². The first-order valence-corrected chi connectivity index (χ1v) is 6.19. The van der Waals surface area contributed by atoms with Crippen LogP contribution >= 0.6 is 0 Å². The Labute approximate surface area is 115 Å². The highest BCUT2D eigenvalue weighted by atomic mass is 16.3. The van der Waals surface area contributed by atoms with E-state index in [9.17, 15) is 4.79 Å². The van der Waals surface area contributed by atoms with Gasteiger partial charge in [0.2, 0.25) is 5.91 Å². The number of hydrogen-bond acceptors (Lipinski definition) is 3. The van der Waals surface area contributed by atoms with E-state index < -0.39 is 0 Å². The molecule has 0 radical (unpaired) electrons. The lowest BCUT2D eigenvalue weighted by atomic mass is 10.3. The number of carbonyl (C=O) groups is 1. The van der Waals surface area contributed by atoms with Gasteiger partial charge in [0.1, 0.15) is 11.4 Å². The number of anilines is 1. The summed E-state index contributed by atoms with van der Waals surface area (Å²) in [4.78, 5) is 16.1. The molecule has 3 aromatic rings. The van der Waals surface area contributed by atoms with Crippen molar-refractivity contribution >= 4 is 23.3 Å². The lowest BCUT2D eigenvalue weighted by Crippen LogP contribution is -2.10. The van der Waals surface area contributed by atoms with Crippen LogP contribution in [0.5, 0.6) is 0 Å². The minimum Gasteiger partial charge on any atom is -0.465 e. The van der Waals surface area contributed by atoms with Gasteiger partial charge in [0.15, 0.2) is 0 Å². The van der Waals surface area contributed by atoms with Crippen molar-refractivity contribution in [2.45, 2.75) is 6.92 Å². The quantitative estimate of drug-likeness (QED) is 0.742. The summed E-state index contributed by atoms with van der Waals surface area (Å²) in [5.41, 5.74) is 2.54. The zero-order valence-corrected chi connectivity index (χ0v) is 10.9. The zero-order valence-electron chi connectivity index (χ0n) is 10.9. The molecule has 0 saturated heterocycles. The van der Waals surface area contributed by atoms with E-state index in [1.54, 1.807) is 30.7 Å². The van der Waals surface area contributed by atoms with Gasteiger partial charge in [-0.05, 0) is 37.3 Å². The smallest absolute Gasteiger partial charge is 0.248 e. The summed E-state index contributed by atoms with van der Waals surface area (Å²) in [6.07, 6.45) is 8.22. The molecule has 0 bridgehead atoms. The number of nitrogens with one attached hydrogen (secondary N) is 1. The largest absolute Gasteiger partial charge is 0.465 e. The van der Waals surface area contributed by atoms with Crippen LogP contribution in [0, 0.1) is 6.92 Å². The number of rotatable bonds is 3. The molecular weight excluding hydrogens is 254 g/mol. The maximum atomic E-state index is 11.9. The maximum Gasteiger partial charge on any atom is 0.248 e. The third-order valence-electron chi connectivity index (χ3n) is 3.02. The predicted molar refractivity (Wildman–Crippen MR) is 76.3 cm³/mol.